The van der Waals surface area contributed by atoms with Gasteiger partial charge in [-0.3, -0.25) is 0 Å². The van der Waals surface area contributed by atoms with Gasteiger partial charge in [0.1, 0.15) is 0 Å². The Labute approximate surface area is 94.6 Å². The number of nitrogens with one attached hydrogen (secondary N) is 1. The third-order valence-electron chi connectivity index (χ3n) is 2.83. The van der Waals surface area contributed by atoms with Gasteiger partial charge in [-0.2, -0.15) is 0 Å². The fourth-order valence-corrected chi connectivity index (χ4v) is 2.25. The molecule has 15 heavy (non-hydrogen) atoms. The normalized spacial score (nSPS) is 15.3. The fraction of sp³-hybridized carbons (Fsp3) is 1.00. The van der Waals surface area contributed by atoms with Gasteiger partial charge in [0, 0.05) is 18.3 Å². The van der Waals surface area contributed by atoms with Crippen LogP contribution in [-0.4, -0.2) is 32.5 Å². The van der Waals surface area contributed by atoms with Crippen LogP contribution < -0.4 is 5.32 Å². The summed E-state index contributed by atoms with van der Waals surface area (Å²) in [6.07, 6.45) is 1.09. The van der Waals surface area contributed by atoms with Crippen LogP contribution in [0.4, 0.5) is 0 Å². The summed E-state index contributed by atoms with van der Waals surface area (Å²) in [6.45, 7) is 11.0. The van der Waals surface area contributed by atoms with Gasteiger partial charge in [0.15, 0.2) is 9.84 Å². The van der Waals surface area contributed by atoms with E-state index in [2.05, 4.69) is 26.1 Å². The summed E-state index contributed by atoms with van der Waals surface area (Å²) in [5.41, 5.74) is 0.240. The lowest BCUT2D eigenvalue weighted by Gasteiger charge is -2.25. The SMILES string of the molecule is CCC(C)(C)CNC(C)CS(=O)(=O)CC. The summed E-state index contributed by atoms with van der Waals surface area (Å²) in [7, 11) is -2.86. The molecule has 0 amide bonds. The van der Waals surface area contributed by atoms with Crippen molar-refractivity contribution in [1.29, 1.82) is 0 Å². The van der Waals surface area contributed by atoms with E-state index < -0.39 is 9.84 Å². The molecule has 0 bridgehead atoms. The molecule has 0 aliphatic heterocycles. The lowest BCUT2D eigenvalue weighted by atomic mass is 9.90. The molecule has 0 fully saturated rings. The van der Waals surface area contributed by atoms with Crippen LogP contribution in [-0.2, 0) is 9.84 Å². The van der Waals surface area contributed by atoms with Crippen LogP contribution in [0.15, 0.2) is 0 Å². The first-order valence-corrected chi connectivity index (χ1v) is 7.48. The zero-order valence-electron chi connectivity index (χ0n) is 10.6. The molecule has 0 spiro atoms. The minimum Gasteiger partial charge on any atom is -0.313 e. The van der Waals surface area contributed by atoms with Crippen LogP contribution in [0.3, 0.4) is 0 Å². The highest BCUT2D eigenvalue weighted by molar-refractivity contribution is 7.91. The predicted octanol–water partition coefficient (Wildman–Crippen LogP) is 1.84. The van der Waals surface area contributed by atoms with Crippen molar-refractivity contribution in [2.45, 2.75) is 47.1 Å². The van der Waals surface area contributed by atoms with E-state index in [1.54, 1.807) is 6.92 Å². The zero-order chi connectivity index (χ0) is 12.1. The van der Waals surface area contributed by atoms with E-state index in [-0.39, 0.29) is 23.0 Å². The van der Waals surface area contributed by atoms with Crippen molar-refractivity contribution in [3.05, 3.63) is 0 Å². The molecule has 4 heteroatoms. The van der Waals surface area contributed by atoms with Crippen LogP contribution in [0.25, 0.3) is 0 Å². The molecule has 0 aliphatic rings. The Hall–Kier alpha value is -0.0900. The van der Waals surface area contributed by atoms with Crippen LogP contribution in [0.1, 0.15) is 41.0 Å². The van der Waals surface area contributed by atoms with E-state index in [9.17, 15) is 8.42 Å². The van der Waals surface area contributed by atoms with E-state index in [0.29, 0.717) is 0 Å². The van der Waals surface area contributed by atoms with Gasteiger partial charge >= 0.3 is 0 Å². The summed E-state index contributed by atoms with van der Waals surface area (Å²) in [5, 5.41) is 3.29. The first-order valence-electron chi connectivity index (χ1n) is 5.66. The van der Waals surface area contributed by atoms with Gasteiger partial charge in [-0.05, 0) is 18.8 Å². The Morgan fingerprint density at radius 1 is 1.27 bits per heavy atom. The number of rotatable bonds is 7. The summed E-state index contributed by atoms with van der Waals surface area (Å²) in [5.74, 6) is 0.472. The predicted molar refractivity (Wildman–Crippen MR) is 65.9 cm³/mol. The first-order chi connectivity index (χ1) is 6.72. The van der Waals surface area contributed by atoms with Crippen molar-refractivity contribution in [3.63, 3.8) is 0 Å². The monoisotopic (exact) mass is 235 g/mol. The molecule has 0 aromatic carbocycles. The average Bonchev–Trinajstić information content (AvgIpc) is 2.15. The highest BCUT2D eigenvalue weighted by Gasteiger charge is 2.18. The number of sulfone groups is 1. The van der Waals surface area contributed by atoms with E-state index >= 15 is 0 Å². The van der Waals surface area contributed by atoms with Crippen LogP contribution in [0.2, 0.25) is 0 Å². The summed E-state index contributed by atoms with van der Waals surface area (Å²) >= 11 is 0. The summed E-state index contributed by atoms with van der Waals surface area (Å²) in [4.78, 5) is 0. The number of hydrogen-bond donors (Lipinski definition) is 1. The van der Waals surface area contributed by atoms with Gasteiger partial charge in [-0.1, -0.05) is 27.7 Å². The van der Waals surface area contributed by atoms with Crippen LogP contribution in [0, 0.1) is 5.41 Å². The summed E-state index contributed by atoms with van der Waals surface area (Å²) in [6, 6.07) is 0.0424. The van der Waals surface area contributed by atoms with Crippen molar-refractivity contribution < 1.29 is 8.42 Å². The van der Waals surface area contributed by atoms with Gasteiger partial charge in [-0.25, -0.2) is 8.42 Å². The van der Waals surface area contributed by atoms with Crippen molar-refractivity contribution >= 4 is 9.84 Å². The Morgan fingerprint density at radius 2 is 1.80 bits per heavy atom. The highest BCUT2D eigenvalue weighted by atomic mass is 32.2. The van der Waals surface area contributed by atoms with Gasteiger partial charge in [0.05, 0.1) is 5.75 Å². The Morgan fingerprint density at radius 3 is 2.20 bits per heavy atom. The molecule has 0 aliphatic carbocycles. The van der Waals surface area contributed by atoms with Gasteiger partial charge in [-0.15, -0.1) is 0 Å². The molecule has 1 N–H and O–H groups in total. The smallest absolute Gasteiger partial charge is 0.151 e. The van der Waals surface area contributed by atoms with Gasteiger partial charge < -0.3 is 5.32 Å². The zero-order valence-corrected chi connectivity index (χ0v) is 11.4. The fourth-order valence-electron chi connectivity index (χ4n) is 1.13. The molecule has 0 radical (unpaired) electrons. The average molecular weight is 235 g/mol. The van der Waals surface area contributed by atoms with E-state index in [1.165, 1.54) is 0 Å². The summed E-state index contributed by atoms with van der Waals surface area (Å²) < 4.78 is 22.7. The lowest BCUT2D eigenvalue weighted by Crippen LogP contribution is -2.39. The maximum Gasteiger partial charge on any atom is 0.151 e. The molecule has 0 saturated carbocycles. The largest absolute Gasteiger partial charge is 0.313 e. The molecule has 0 aromatic heterocycles. The van der Waals surface area contributed by atoms with E-state index in [1.807, 2.05) is 6.92 Å². The van der Waals surface area contributed by atoms with Crippen molar-refractivity contribution in [3.8, 4) is 0 Å². The molecule has 92 valence electrons. The third-order valence-corrected chi connectivity index (χ3v) is 4.72. The molecule has 0 rings (SSSR count). The van der Waals surface area contributed by atoms with Crippen molar-refractivity contribution in [2.75, 3.05) is 18.1 Å². The molecule has 0 saturated heterocycles. The van der Waals surface area contributed by atoms with Crippen molar-refractivity contribution in [1.82, 2.24) is 5.32 Å². The molecule has 3 nitrogen and oxygen atoms in total. The Bertz CT molecular complexity index is 270. The molecular weight excluding hydrogens is 210 g/mol. The second kappa shape index (κ2) is 5.85. The second-order valence-corrected chi connectivity index (χ2v) is 7.40. The molecule has 1 atom stereocenters. The van der Waals surface area contributed by atoms with Crippen LogP contribution in [0.5, 0.6) is 0 Å². The van der Waals surface area contributed by atoms with Crippen LogP contribution >= 0.6 is 0 Å². The second-order valence-electron chi connectivity index (χ2n) is 5.00. The highest BCUT2D eigenvalue weighted by Crippen LogP contribution is 2.17. The quantitative estimate of drug-likeness (QED) is 0.732. The molecule has 0 heterocycles. The number of hydrogen-bond acceptors (Lipinski definition) is 3. The maximum atomic E-state index is 11.4. The molecule has 1 unspecified atom stereocenters. The van der Waals surface area contributed by atoms with E-state index in [0.717, 1.165) is 13.0 Å². The third kappa shape index (κ3) is 6.90. The van der Waals surface area contributed by atoms with Gasteiger partial charge in [0.2, 0.25) is 0 Å². The Balaban J connectivity index is 4.01. The minimum atomic E-state index is -2.86. The maximum absolute atomic E-state index is 11.4. The standard InChI is InChI=1S/C11H25NO2S/c1-6-11(4,5)9-12-10(3)8-15(13,14)7-2/h10,12H,6-9H2,1-5H3. The van der Waals surface area contributed by atoms with E-state index in [4.69, 9.17) is 0 Å². The van der Waals surface area contributed by atoms with Gasteiger partial charge in [0.25, 0.3) is 0 Å². The first kappa shape index (κ1) is 14.9. The lowest BCUT2D eigenvalue weighted by molar-refractivity contribution is 0.317. The molecular formula is C11H25NO2S. The molecule has 0 aromatic rings. The Kier molecular flexibility index (Phi) is 5.81. The minimum absolute atomic E-state index is 0.0424. The topological polar surface area (TPSA) is 46.2 Å². The van der Waals surface area contributed by atoms with Crippen molar-refractivity contribution in [2.24, 2.45) is 5.41 Å².